The smallest absolute Gasteiger partial charge is 0.135 e. The number of nitrogens with zero attached hydrogens (tertiary/aromatic N) is 1. The summed E-state index contributed by atoms with van der Waals surface area (Å²) in [5, 5.41) is 12.0. The average Bonchev–Trinajstić information content (AvgIpc) is 2.51. The van der Waals surface area contributed by atoms with E-state index in [1.54, 1.807) is 0 Å². The average molecular weight is 289 g/mol. The molecule has 3 heteroatoms. The van der Waals surface area contributed by atoms with Gasteiger partial charge in [-0.3, -0.25) is 0 Å². The minimum Gasteiger partial charge on any atom is -0.367 e. The van der Waals surface area contributed by atoms with Gasteiger partial charge in [0, 0.05) is 23.5 Å². The van der Waals surface area contributed by atoms with E-state index in [9.17, 15) is 0 Å². The fourth-order valence-electron chi connectivity index (χ4n) is 2.49. The largest absolute Gasteiger partial charge is 0.367 e. The maximum atomic E-state index is 8.38. The molecule has 21 heavy (non-hydrogen) atoms. The van der Waals surface area contributed by atoms with E-state index >= 15 is 0 Å². The van der Waals surface area contributed by atoms with Crippen LogP contribution < -0.4 is 5.32 Å². The molecule has 0 radical (unpaired) electrons. The first kappa shape index (κ1) is 17.7. The van der Waals surface area contributed by atoms with E-state index in [0.29, 0.717) is 11.8 Å². The van der Waals surface area contributed by atoms with Crippen LogP contribution in [0.15, 0.2) is 18.3 Å². The van der Waals surface area contributed by atoms with E-state index in [-0.39, 0.29) is 5.92 Å². The molecule has 0 aliphatic rings. The molecular formula is C18H31N3. The molecule has 1 aromatic heterocycles. The van der Waals surface area contributed by atoms with Crippen molar-refractivity contribution >= 4 is 11.5 Å². The SMILES string of the molecule is CCCCC(CCC)Nc1ncccc1C(=N)C(C)CC. The first-order chi connectivity index (χ1) is 10.1. The Balaban J connectivity index is 2.88. The van der Waals surface area contributed by atoms with Gasteiger partial charge in [0.25, 0.3) is 0 Å². The highest BCUT2D eigenvalue weighted by Crippen LogP contribution is 2.21. The van der Waals surface area contributed by atoms with Gasteiger partial charge in [0.15, 0.2) is 0 Å². The second kappa shape index (κ2) is 9.54. The molecule has 1 rings (SSSR count). The number of anilines is 1. The zero-order chi connectivity index (χ0) is 15.7. The highest BCUT2D eigenvalue weighted by Gasteiger charge is 2.16. The summed E-state index contributed by atoms with van der Waals surface area (Å²) >= 11 is 0. The lowest BCUT2D eigenvalue weighted by atomic mass is 9.96. The molecule has 2 N–H and O–H groups in total. The van der Waals surface area contributed by atoms with Gasteiger partial charge in [0.05, 0.1) is 0 Å². The van der Waals surface area contributed by atoms with Gasteiger partial charge in [0.1, 0.15) is 5.82 Å². The van der Waals surface area contributed by atoms with E-state index in [0.717, 1.165) is 24.2 Å². The normalized spacial score (nSPS) is 13.7. The number of aromatic nitrogens is 1. The summed E-state index contributed by atoms with van der Waals surface area (Å²) in [6, 6.07) is 4.42. The Morgan fingerprint density at radius 3 is 2.62 bits per heavy atom. The van der Waals surface area contributed by atoms with E-state index in [1.807, 2.05) is 18.3 Å². The third kappa shape index (κ3) is 5.49. The van der Waals surface area contributed by atoms with Crippen molar-refractivity contribution in [3.8, 4) is 0 Å². The van der Waals surface area contributed by atoms with Crippen molar-refractivity contribution < 1.29 is 0 Å². The maximum Gasteiger partial charge on any atom is 0.135 e. The first-order valence-electron chi connectivity index (χ1n) is 8.44. The predicted octanol–water partition coefficient (Wildman–Crippen LogP) is 5.27. The lowest BCUT2D eigenvalue weighted by Crippen LogP contribution is -2.23. The van der Waals surface area contributed by atoms with Crippen molar-refractivity contribution in [3.05, 3.63) is 23.9 Å². The molecule has 0 spiro atoms. The van der Waals surface area contributed by atoms with Gasteiger partial charge in [-0.15, -0.1) is 0 Å². The van der Waals surface area contributed by atoms with E-state index in [1.165, 1.54) is 25.7 Å². The highest BCUT2D eigenvalue weighted by molar-refractivity contribution is 6.03. The number of rotatable bonds is 10. The van der Waals surface area contributed by atoms with Crippen LogP contribution in [0.3, 0.4) is 0 Å². The van der Waals surface area contributed by atoms with Crippen LogP contribution in [-0.2, 0) is 0 Å². The Labute approximate surface area is 130 Å². The van der Waals surface area contributed by atoms with Gasteiger partial charge in [-0.2, -0.15) is 0 Å². The lowest BCUT2D eigenvalue weighted by molar-refractivity contribution is 0.562. The molecule has 3 nitrogen and oxygen atoms in total. The van der Waals surface area contributed by atoms with Crippen LogP contribution in [0.25, 0.3) is 0 Å². The fraction of sp³-hybridized carbons (Fsp3) is 0.667. The quantitative estimate of drug-likeness (QED) is 0.577. The van der Waals surface area contributed by atoms with Gasteiger partial charge in [-0.25, -0.2) is 4.98 Å². The minimum absolute atomic E-state index is 0.273. The van der Waals surface area contributed by atoms with Crippen LogP contribution >= 0.6 is 0 Å². The molecule has 0 bridgehead atoms. The van der Waals surface area contributed by atoms with Gasteiger partial charge in [-0.05, 0) is 37.3 Å². The molecule has 0 saturated heterocycles. The van der Waals surface area contributed by atoms with Crippen molar-refractivity contribution in [1.29, 1.82) is 5.41 Å². The Bertz CT molecular complexity index is 428. The number of nitrogens with one attached hydrogen (secondary N) is 2. The highest BCUT2D eigenvalue weighted by atomic mass is 15.0. The standard InChI is InChI=1S/C18H31N3/c1-5-8-11-15(10-6-2)21-18-16(12-9-13-20-18)17(19)14(4)7-3/h9,12-15,19H,5-8,10-11H2,1-4H3,(H,20,21). The number of hydrogen-bond acceptors (Lipinski definition) is 3. The van der Waals surface area contributed by atoms with Gasteiger partial charge >= 0.3 is 0 Å². The predicted molar refractivity (Wildman–Crippen MR) is 92.4 cm³/mol. The van der Waals surface area contributed by atoms with Crippen LogP contribution in [0.1, 0.15) is 71.8 Å². The first-order valence-corrected chi connectivity index (χ1v) is 8.44. The topological polar surface area (TPSA) is 48.8 Å². The summed E-state index contributed by atoms with van der Waals surface area (Å²) < 4.78 is 0. The van der Waals surface area contributed by atoms with Crippen LogP contribution in [-0.4, -0.2) is 16.7 Å². The summed E-state index contributed by atoms with van der Waals surface area (Å²) in [7, 11) is 0. The summed E-state index contributed by atoms with van der Waals surface area (Å²) in [5.41, 5.74) is 1.66. The van der Waals surface area contributed by atoms with Crippen LogP contribution in [0.2, 0.25) is 0 Å². The van der Waals surface area contributed by atoms with Crippen molar-refractivity contribution in [3.63, 3.8) is 0 Å². The summed E-state index contributed by atoms with van der Waals surface area (Å²) in [5.74, 6) is 1.16. The zero-order valence-corrected chi connectivity index (χ0v) is 14.1. The van der Waals surface area contributed by atoms with Crippen LogP contribution in [0, 0.1) is 11.3 Å². The third-order valence-corrected chi connectivity index (χ3v) is 4.09. The summed E-state index contributed by atoms with van der Waals surface area (Å²) in [6.07, 6.45) is 8.78. The Hall–Kier alpha value is -1.38. The van der Waals surface area contributed by atoms with Crippen LogP contribution in [0.5, 0.6) is 0 Å². The van der Waals surface area contributed by atoms with Crippen molar-refractivity contribution in [2.24, 2.45) is 5.92 Å². The molecule has 1 heterocycles. The minimum atomic E-state index is 0.273. The molecule has 0 fully saturated rings. The molecule has 0 aromatic carbocycles. The molecular weight excluding hydrogens is 258 g/mol. The molecule has 1 aromatic rings. The van der Waals surface area contributed by atoms with E-state index < -0.39 is 0 Å². The zero-order valence-electron chi connectivity index (χ0n) is 14.1. The van der Waals surface area contributed by atoms with Crippen molar-refractivity contribution in [2.75, 3.05) is 5.32 Å². The molecule has 0 aliphatic heterocycles. The number of unbranched alkanes of at least 4 members (excludes halogenated alkanes) is 1. The Kier molecular flexibility index (Phi) is 8.03. The monoisotopic (exact) mass is 289 g/mol. The van der Waals surface area contributed by atoms with Crippen molar-refractivity contribution in [2.45, 2.75) is 72.3 Å². The number of hydrogen-bond donors (Lipinski definition) is 2. The molecule has 118 valence electrons. The number of pyridine rings is 1. The maximum absolute atomic E-state index is 8.38. The van der Waals surface area contributed by atoms with Gasteiger partial charge in [-0.1, -0.05) is 47.0 Å². The second-order valence-corrected chi connectivity index (χ2v) is 5.89. The Morgan fingerprint density at radius 2 is 2.00 bits per heavy atom. The molecule has 0 amide bonds. The van der Waals surface area contributed by atoms with E-state index in [4.69, 9.17) is 5.41 Å². The molecule has 0 aliphatic carbocycles. The second-order valence-electron chi connectivity index (χ2n) is 5.89. The lowest BCUT2D eigenvalue weighted by Gasteiger charge is -2.21. The summed E-state index contributed by atoms with van der Waals surface area (Å²) in [6.45, 7) is 8.69. The van der Waals surface area contributed by atoms with E-state index in [2.05, 4.69) is 38.0 Å². The Morgan fingerprint density at radius 1 is 1.24 bits per heavy atom. The van der Waals surface area contributed by atoms with Crippen LogP contribution in [0.4, 0.5) is 5.82 Å². The third-order valence-electron chi connectivity index (χ3n) is 4.09. The molecule has 2 atom stereocenters. The fourth-order valence-corrected chi connectivity index (χ4v) is 2.49. The van der Waals surface area contributed by atoms with Crippen molar-refractivity contribution in [1.82, 2.24) is 4.98 Å². The molecule has 2 unspecified atom stereocenters. The van der Waals surface area contributed by atoms with Gasteiger partial charge < -0.3 is 10.7 Å². The summed E-state index contributed by atoms with van der Waals surface area (Å²) in [4.78, 5) is 4.49. The molecule has 0 saturated carbocycles. The van der Waals surface area contributed by atoms with Gasteiger partial charge in [0.2, 0.25) is 0 Å².